The van der Waals surface area contributed by atoms with Gasteiger partial charge in [0.15, 0.2) is 0 Å². The molecule has 1 aromatic heterocycles. The number of rotatable bonds is 3. The number of aryl methyl sites for hydroxylation is 2. The van der Waals surface area contributed by atoms with Crippen molar-refractivity contribution in [1.29, 1.82) is 0 Å². The van der Waals surface area contributed by atoms with Crippen LogP contribution in [-0.2, 0) is 11.3 Å². The second-order valence-corrected chi connectivity index (χ2v) is 6.55. The summed E-state index contributed by atoms with van der Waals surface area (Å²) in [5.74, 6) is -0.435. The highest BCUT2D eigenvalue weighted by Gasteiger charge is 2.26. The van der Waals surface area contributed by atoms with Crippen LogP contribution in [0.2, 0.25) is 0 Å². The van der Waals surface area contributed by atoms with Crippen LogP contribution in [0.25, 0.3) is 0 Å². The standard InChI is InChI=1S/C21H19FN2O2/c1-13-3-4-14(2)24(13)23-21(25)16-7-10-19-17(11-16)12-26-20(19)15-5-8-18(22)9-6-15/h3-11,20H,12H2,1-2H3,(H,23,25). The number of carbonyl (C=O) groups is 1. The van der Waals surface area contributed by atoms with Gasteiger partial charge < -0.3 is 4.74 Å². The maximum atomic E-state index is 13.1. The lowest BCUT2D eigenvalue weighted by Crippen LogP contribution is -2.24. The zero-order chi connectivity index (χ0) is 18.3. The van der Waals surface area contributed by atoms with Crippen molar-refractivity contribution in [3.8, 4) is 0 Å². The Morgan fingerprint density at radius 3 is 2.46 bits per heavy atom. The molecule has 3 aromatic rings. The maximum absolute atomic E-state index is 13.1. The molecule has 1 amide bonds. The second-order valence-electron chi connectivity index (χ2n) is 6.55. The first-order valence-corrected chi connectivity index (χ1v) is 8.49. The van der Waals surface area contributed by atoms with Gasteiger partial charge in [0.2, 0.25) is 0 Å². The van der Waals surface area contributed by atoms with Crippen LogP contribution in [0.15, 0.2) is 54.6 Å². The Labute approximate surface area is 151 Å². The van der Waals surface area contributed by atoms with Crippen molar-refractivity contribution in [3.05, 3.63) is 94.1 Å². The van der Waals surface area contributed by atoms with E-state index in [-0.39, 0.29) is 17.8 Å². The molecule has 0 bridgehead atoms. The highest BCUT2D eigenvalue weighted by Crippen LogP contribution is 2.36. The Morgan fingerprint density at radius 1 is 1.08 bits per heavy atom. The molecule has 1 N–H and O–H groups in total. The lowest BCUT2D eigenvalue weighted by atomic mass is 9.97. The number of halogens is 1. The largest absolute Gasteiger partial charge is 0.364 e. The van der Waals surface area contributed by atoms with E-state index >= 15 is 0 Å². The van der Waals surface area contributed by atoms with Gasteiger partial charge in [-0.25, -0.2) is 4.39 Å². The van der Waals surface area contributed by atoms with E-state index < -0.39 is 0 Å². The van der Waals surface area contributed by atoms with Crippen molar-refractivity contribution in [2.24, 2.45) is 0 Å². The molecule has 4 rings (SSSR count). The first-order chi connectivity index (χ1) is 12.5. The number of amides is 1. The molecule has 0 aliphatic carbocycles. The molecule has 5 heteroatoms. The van der Waals surface area contributed by atoms with Gasteiger partial charge in [-0.3, -0.25) is 14.9 Å². The normalized spacial score (nSPS) is 15.7. The van der Waals surface area contributed by atoms with Gasteiger partial charge in [-0.1, -0.05) is 18.2 Å². The number of carbonyl (C=O) groups excluding carboxylic acids is 1. The summed E-state index contributed by atoms with van der Waals surface area (Å²) in [7, 11) is 0. The van der Waals surface area contributed by atoms with Crippen LogP contribution in [-0.4, -0.2) is 10.6 Å². The molecule has 132 valence electrons. The van der Waals surface area contributed by atoms with E-state index in [4.69, 9.17) is 4.74 Å². The topological polar surface area (TPSA) is 43.3 Å². The molecule has 4 nitrogen and oxygen atoms in total. The Balaban J connectivity index is 1.58. The van der Waals surface area contributed by atoms with Gasteiger partial charge in [0.1, 0.15) is 11.9 Å². The smallest absolute Gasteiger partial charge is 0.270 e. The Kier molecular flexibility index (Phi) is 4.09. The van der Waals surface area contributed by atoms with Crippen molar-refractivity contribution in [1.82, 2.24) is 4.68 Å². The van der Waals surface area contributed by atoms with Gasteiger partial charge in [-0.15, -0.1) is 0 Å². The summed E-state index contributed by atoms with van der Waals surface area (Å²) >= 11 is 0. The quantitative estimate of drug-likeness (QED) is 0.767. The number of ether oxygens (including phenoxy) is 1. The van der Waals surface area contributed by atoms with E-state index in [0.717, 1.165) is 28.1 Å². The number of nitrogens with zero attached hydrogens (tertiary/aromatic N) is 1. The molecule has 0 saturated heterocycles. The van der Waals surface area contributed by atoms with Crippen LogP contribution in [0.5, 0.6) is 0 Å². The van der Waals surface area contributed by atoms with Crippen molar-refractivity contribution < 1.29 is 13.9 Å². The molecule has 26 heavy (non-hydrogen) atoms. The first kappa shape index (κ1) is 16.5. The minimum atomic E-state index is -0.269. The number of fused-ring (bicyclic) bond motifs is 1. The predicted octanol–water partition coefficient (Wildman–Crippen LogP) is 4.25. The molecular weight excluding hydrogens is 331 g/mol. The van der Waals surface area contributed by atoms with E-state index in [2.05, 4.69) is 5.43 Å². The summed E-state index contributed by atoms with van der Waals surface area (Å²) in [6.07, 6.45) is -0.225. The molecule has 0 radical (unpaired) electrons. The molecule has 0 saturated carbocycles. The summed E-state index contributed by atoms with van der Waals surface area (Å²) in [5.41, 5.74) is 8.33. The Bertz CT molecular complexity index is 957. The van der Waals surface area contributed by atoms with Crippen LogP contribution in [0.3, 0.4) is 0 Å². The fraction of sp³-hybridized carbons (Fsp3) is 0.190. The fourth-order valence-electron chi connectivity index (χ4n) is 3.31. The highest BCUT2D eigenvalue weighted by molar-refractivity contribution is 6.00. The molecule has 1 unspecified atom stereocenters. The molecular formula is C21H19FN2O2. The number of aromatic nitrogens is 1. The summed E-state index contributed by atoms with van der Waals surface area (Å²) < 4.78 is 20.8. The average molecular weight is 350 g/mol. The average Bonchev–Trinajstić information content (AvgIpc) is 3.20. The predicted molar refractivity (Wildman–Crippen MR) is 97.1 cm³/mol. The molecule has 1 atom stereocenters. The third kappa shape index (κ3) is 2.91. The molecule has 0 spiro atoms. The van der Waals surface area contributed by atoms with Gasteiger partial charge in [-0.2, -0.15) is 0 Å². The zero-order valence-electron chi connectivity index (χ0n) is 14.6. The molecule has 1 aliphatic heterocycles. The SMILES string of the molecule is Cc1ccc(C)n1NC(=O)c1ccc2c(c1)COC2c1ccc(F)cc1. The minimum absolute atomic E-state index is 0.166. The van der Waals surface area contributed by atoms with Gasteiger partial charge in [-0.05, 0) is 66.9 Å². The van der Waals surface area contributed by atoms with Crippen molar-refractivity contribution in [2.75, 3.05) is 5.43 Å². The summed E-state index contributed by atoms with van der Waals surface area (Å²) in [6.45, 7) is 4.31. The first-order valence-electron chi connectivity index (χ1n) is 8.49. The Morgan fingerprint density at radius 2 is 1.77 bits per heavy atom. The zero-order valence-corrected chi connectivity index (χ0v) is 14.6. The number of hydrogen-bond acceptors (Lipinski definition) is 2. The van der Waals surface area contributed by atoms with Gasteiger partial charge in [0.25, 0.3) is 5.91 Å². The van der Waals surface area contributed by atoms with Crippen LogP contribution < -0.4 is 5.43 Å². The lowest BCUT2D eigenvalue weighted by molar-refractivity contribution is 0.0938. The number of hydrogen-bond donors (Lipinski definition) is 1. The Hall–Kier alpha value is -2.92. The molecule has 2 heterocycles. The third-order valence-corrected chi connectivity index (χ3v) is 4.75. The minimum Gasteiger partial charge on any atom is -0.364 e. The maximum Gasteiger partial charge on any atom is 0.270 e. The fourth-order valence-corrected chi connectivity index (χ4v) is 3.31. The van der Waals surface area contributed by atoms with Crippen molar-refractivity contribution in [3.63, 3.8) is 0 Å². The van der Waals surface area contributed by atoms with Crippen LogP contribution in [0.4, 0.5) is 4.39 Å². The summed E-state index contributed by atoms with van der Waals surface area (Å²) in [4.78, 5) is 12.6. The van der Waals surface area contributed by atoms with Crippen molar-refractivity contribution in [2.45, 2.75) is 26.6 Å². The summed E-state index contributed by atoms with van der Waals surface area (Å²) in [6, 6.07) is 15.8. The van der Waals surface area contributed by atoms with Gasteiger partial charge >= 0.3 is 0 Å². The second kappa shape index (κ2) is 6.42. The molecule has 1 aliphatic rings. The number of benzene rings is 2. The third-order valence-electron chi connectivity index (χ3n) is 4.75. The molecule has 0 fully saturated rings. The van der Waals surface area contributed by atoms with E-state index in [1.165, 1.54) is 12.1 Å². The van der Waals surface area contributed by atoms with Crippen LogP contribution >= 0.6 is 0 Å². The van der Waals surface area contributed by atoms with Gasteiger partial charge in [0.05, 0.1) is 6.61 Å². The molecule has 2 aromatic carbocycles. The van der Waals surface area contributed by atoms with Crippen molar-refractivity contribution >= 4 is 5.91 Å². The number of nitrogens with one attached hydrogen (secondary N) is 1. The monoisotopic (exact) mass is 350 g/mol. The van der Waals surface area contributed by atoms with Crippen LogP contribution in [0, 0.1) is 19.7 Å². The summed E-state index contributed by atoms with van der Waals surface area (Å²) in [5, 5.41) is 0. The van der Waals surface area contributed by atoms with E-state index in [0.29, 0.717) is 12.2 Å². The highest BCUT2D eigenvalue weighted by atomic mass is 19.1. The lowest BCUT2D eigenvalue weighted by Gasteiger charge is -2.13. The van der Waals surface area contributed by atoms with E-state index in [1.807, 2.05) is 38.1 Å². The van der Waals surface area contributed by atoms with Gasteiger partial charge in [0, 0.05) is 17.0 Å². The van der Waals surface area contributed by atoms with E-state index in [1.54, 1.807) is 22.9 Å². The van der Waals surface area contributed by atoms with E-state index in [9.17, 15) is 9.18 Å². The van der Waals surface area contributed by atoms with Crippen LogP contribution in [0.1, 0.15) is 44.5 Å².